The Morgan fingerprint density at radius 1 is 0.867 bits per heavy atom. The van der Waals surface area contributed by atoms with E-state index in [1.807, 2.05) is 0 Å². The number of hydrogen-bond acceptors (Lipinski definition) is 0. The van der Waals surface area contributed by atoms with Crippen molar-refractivity contribution in [3.8, 4) is 0 Å². The summed E-state index contributed by atoms with van der Waals surface area (Å²) in [4.78, 5) is 0. The van der Waals surface area contributed by atoms with Crippen LogP contribution in [0.4, 0.5) is 0 Å². The van der Waals surface area contributed by atoms with E-state index in [9.17, 15) is 0 Å². The van der Waals surface area contributed by atoms with E-state index < -0.39 is 13.3 Å². The molecule has 2 rings (SSSR count). The van der Waals surface area contributed by atoms with E-state index in [2.05, 4.69) is 60.0 Å². The van der Waals surface area contributed by atoms with Gasteiger partial charge in [0.15, 0.2) is 0 Å². The van der Waals surface area contributed by atoms with Crippen molar-refractivity contribution in [3.63, 3.8) is 0 Å². The molecular weight excluding hydrogens is 231 g/mol. The SMILES string of the molecule is [CH3][Ge]([CH3])([c]1cc[cH-]c1)[c]1cc[cH-]c1.[Li+].[Li+]. The molecule has 0 spiro atoms. The number of hydrogen-bond donors (Lipinski definition) is 0. The van der Waals surface area contributed by atoms with Crippen molar-refractivity contribution in [2.24, 2.45) is 0 Å². The summed E-state index contributed by atoms with van der Waals surface area (Å²) < 4.78 is 3.15. The molecule has 3 heteroatoms. The summed E-state index contributed by atoms with van der Waals surface area (Å²) >= 11 is -1.88. The normalized spacial score (nSPS) is 10.3. The third kappa shape index (κ3) is 3.20. The van der Waals surface area contributed by atoms with Gasteiger partial charge in [-0.1, -0.05) is 0 Å². The van der Waals surface area contributed by atoms with Gasteiger partial charge in [-0.15, -0.1) is 0 Å². The van der Waals surface area contributed by atoms with Crippen LogP contribution in [0, 0.1) is 0 Å². The molecule has 0 aromatic heterocycles. The smallest absolute Gasteiger partial charge is 1.00 e. The molecule has 0 radical (unpaired) electrons. The second-order valence-corrected chi connectivity index (χ2v) is 13.2. The van der Waals surface area contributed by atoms with Crippen LogP contribution in [0.25, 0.3) is 0 Å². The van der Waals surface area contributed by atoms with Crippen molar-refractivity contribution < 1.29 is 37.7 Å². The predicted octanol–water partition coefficient (Wildman–Crippen LogP) is -4.04. The minimum atomic E-state index is -1.88. The fourth-order valence-electron chi connectivity index (χ4n) is 1.75. The minimum Gasteiger partial charge on any atom is 1.00 e. The van der Waals surface area contributed by atoms with E-state index >= 15 is 0 Å². The zero-order valence-corrected chi connectivity index (χ0v) is 12.2. The van der Waals surface area contributed by atoms with Crippen molar-refractivity contribution in [3.05, 3.63) is 48.5 Å². The van der Waals surface area contributed by atoms with Gasteiger partial charge in [-0.25, -0.2) is 0 Å². The van der Waals surface area contributed by atoms with Crippen molar-refractivity contribution >= 4 is 22.1 Å². The molecule has 2 aromatic rings. The van der Waals surface area contributed by atoms with Crippen LogP contribution in [-0.4, -0.2) is 13.3 Å². The first-order valence-electron chi connectivity index (χ1n) is 4.65. The molecule has 0 aliphatic carbocycles. The fraction of sp³-hybridized carbons (Fsp3) is 0.167. The van der Waals surface area contributed by atoms with Gasteiger partial charge < -0.3 is 0 Å². The van der Waals surface area contributed by atoms with Crippen LogP contribution >= 0.6 is 0 Å². The van der Waals surface area contributed by atoms with Gasteiger partial charge in [0.1, 0.15) is 0 Å². The third-order valence-corrected chi connectivity index (χ3v) is 10.2. The van der Waals surface area contributed by atoms with Gasteiger partial charge in [0.25, 0.3) is 0 Å². The Bertz CT molecular complexity index is 324. The van der Waals surface area contributed by atoms with Gasteiger partial charge >= 0.3 is 120 Å². The molecule has 2 aromatic carbocycles. The zero-order chi connectivity index (χ0) is 9.31. The Hall–Kier alpha value is 0.438. The second-order valence-electron chi connectivity index (χ2n) is 3.97. The van der Waals surface area contributed by atoms with Gasteiger partial charge in [-0.05, 0) is 0 Å². The van der Waals surface area contributed by atoms with Crippen LogP contribution in [-0.2, 0) is 0 Å². The van der Waals surface area contributed by atoms with E-state index in [-0.39, 0.29) is 37.7 Å². The van der Waals surface area contributed by atoms with Crippen LogP contribution in [0.2, 0.25) is 11.5 Å². The molecule has 68 valence electrons. The molecule has 0 heterocycles. The molecule has 0 saturated carbocycles. The quantitative estimate of drug-likeness (QED) is 0.373. The molecule has 0 aliphatic heterocycles. The maximum absolute atomic E-state index is 2.45. The van der Waals surface area contributed by atoms with Gasteiger partial charge in [0.05, 0.1) is 0 Å². The van der Waals surface area contributed by atoms with Crippen molar-refractivity contribution in [2.45, 2.75) is 11.5 Å². The molecule has 0 atom stereocenters. The predicted molar refractivity (Wildman–Crippen MR) is 60.8 cm³/mol. The molecule has 0 nitrogen and oxygen atoms in total. The van der Waals surface area contributed by atoms with Crippen LogP contribution in [0.15, 0.2) is 48.5 Å². The summed E-state index contributed by atoms with van der Waals surface area (Å²) in [5, 5.41) is 0. The molecule has 0 saturated heterocycles. The van der Waals surface area contributed by atoms with E-state index in [0.29, 0.717) is 0 Å². The molecule has 0 aliphatic rings. The summed E-state index contributed by atoms with van der Waals surface area (Å²) in [5.74, 6) is 4.90. The molecule has 15 heavy (non-hydrogen) atoms. The Balaban J connectivity index is 0.000000980. The summed E-state index contributed by atoms with van der Waals surface area (Å²) in [5.41, 5.74) is 0. The Morgan fingerprint density at radius 3 is 1.53 bits per heavy atom. The summed E-state index contributed by atoms with van der Waals surface area (Å²) in [6, 6.07) is 17.7. The van der Waals surface area contributed by atoms with Crippen LogP contribution in [0.1, 0.15) is 0 Å². The standard InChI is InChI=1S/C12H14Ge.2Li/c1-13(2,11-7-3-4-8-11)12-9-5-6-10-12;;/h3-10H,1-2H3;;/q-2;2*+1. The van der Waals surface area contributed by atoms with Crippen molar-refractivity contribution in [2.75, 3.05) is 0 Å². The second kappa shape index (κ2) is 6.24. The van der Waals surface area contributed by atoms with Crippen LogP contribution < -0.4 is 46.5 Å². The maximum Gasteiger partial charge on any atom is 1.00 e. The van der Waals surface area contributed by atoms with E-state index in [0.717, 1.165) is 0 Å². The van der Waals surface area contributed by atoms with Gasteiger partial charge in [0, 0.05) is 0 Å². The Kier molecular flexibility index (Phi) is 6.42. The van der Waals surface area contributed by atoms with E-state index in [4.69, 9.17) is 0 Å². The van der Waals surface area contributed by atoms with Gasteiger partial charge in [-0.3, -0.25) is 0 Å². The first-order chi connectivity index (χ1) is 6.21. The van der Waals surface area contributed by atoms with Crippen LogP contribution in [0.5, 0.6) is 0 Å². The zero-order valence-electron chi connectivity index (χ0n) is 10.1. The number of rotatable bonds is 2. The monoisotopic (exact) mass is 246 g/mol. The molecule has 0 N–H and O–H groups in total. The van der Waals surface area contributed by atoms with Crippen LogP contribution in [0.3, 0.4) is 0 Å². The topological polar surface area (TPSA) is 0 Å². The molecule has 0 bridgehead atoms. The largest absolute Gasteiger partial charge is 1.00 e. The maximum atomic E-state index is 2.45. The Labute approximate surface area is 119 Å². The minimum absolute atomic E-state index is 0. The molecular formula is C12H14GeLi2. The first kappa shape index (κ1) is 15.4. The van der Waals surface area contributed by atoms with E-state index in [1.54, 1.807) is 8.79 Å². The average Bonchev–Trinajstić information content (AvgIpc) is 2.78. The van der Waals surface area contributed by atoms with Gasteiger partial charge in [-0.2, -0.15) is 0 Å². The summed E-state index contributed by atoms with van der Waals surface area (Å²) in [6.45, 7) is 0. The molecule has 0 amide bonds. The van der Waals surface area contributed by atoms with Crippen molar-refractivity contribution in [1.29, 1.82) is 0 Å². The van der Waals surface area contributed by atoms with Crippen molar-refractivity contribution in [1.82, 2.24) is 0 Å². The fourth-order valence-corrected chi connectivity index (χ4v) is 6.75. The first-order valence-corrected chi connectivity index (χ1v) is 10.9. The van der Waals surface area contributed by atoms with Gasteiger partial charge in [0.2, 0.25) is 0 Å². The third-order valence-electron chi connectivity index (χ3n) is 2.77. The Morgan fingerprint density at radius 2 is 1.27 bits per heavy atom. The summed E-state index contributed by atoms with van der Waals surface area (Å²) in [6.07, 6.45) is 0. The molecule has 0 fully saturated rings. The molecule has 0 unspecified atom stereocenters. The van der Waals surface area contributed by atoms with E-state index in [1.165, 1.54) is 0 Å². The average molecular weight is 245 g/mol. The summed E-state index contributed by atoms with van der Waals surface area (Å²) in [7, 11) is 0.